The minimum Gasteiger partial charge on any atom is -0.462 e. The van der Waals surface area contributed by atoms with Crippen molar-refractivity contribution in [1.82, 2.24) is 0 Å². The number of amides is 1. The van der Waals surface area contributed by atoms with Gasteiger partial charge in [0.1, 0.15) is 18.1 Å². The summed E-state index contributed by atoms with van der Waals surface area (Å²) >= 11 is 0. The fraction of sp³-hybridized carbons (Fsp3) is 0.889. The summed E-state index contributed by atoms with van der Waals surface area (Å²) in [6, 6.07) is 0. The minimum absolute atomic E-state index is 0.0932. The van der Waals surface area contributed by atoms with Crippen molar-refractivity contribution in [2.45, 2.75) is 142 Å². The number of carbonyl (C=O) groups excluding carboxylic acids is 3. The van der Waals surface area contributed by atoms with Crippen molar-refractivity contribution in [2.24, 2.45) is 17.6 Å². The van der Waals surface area contributed by atoms with Crippen molar-refractivity contribution in [2.75, 3.05) is 0 Å². The quantitative estimate of drug-likeness (QED) is 0.123. The van der Waals surface area contributed by atoms with Crippen molar-refractivity contribution < 1.29 is 23.9 Å². The number of hydrogen-bond acceptors (Lipinski definition) is 5. The molecule has 1 rings (SSSR count). The van der Waals surface area contributed by atoms with E-state index in [4.69, 9.17) is 15.2 Å². The van der Waals surface area contributed by atoms with Gasteiger partial charge >= 0.3 is 11.9 Å². The Hall–Kier alpha value is -1.59. The number of hydrogen-bond donors (Lipinski definition) is 1. The second-order valence-electron chi connectivity index (χ2n) is 9.71. The molecule has 1 aliphatic rings. The van der Waals surface area contributed by atoms with Crippen molar-refractivity contribution >= 4 is 17.8 Å². The van der Waals surface area contributed by atoms with Crippen LogP contribution in [0.3, 0.4) is 0 Å². The van der Waals surface area contributed by atoms with Crippen LogP contribution in [0.2, 0.25) is 0 Å². The zero-order chi connectivity index (χ0) is 24.5. The summed E-state index contributed by atoms with van der Waals surface area (Å²) in [5, 5.41) is 0. The number of rotatable bonds is 21. The molecule has 0 saturated carbocycles. The number of cyclic esters (lactones) is 1. The highest BCUT2D eigenvalue weighted by molar-refractivity contribution is 5.96. The van der Waals surface area contributed by atoms with E-state index in [0.717, 1.165) is 44.9 Å². The molecule has 1 amide bonds. The fourth-order valence-electron chi connectivity index (χ4n) is 4.60. The number of esters is 2. The Morgan fingerprint density at radius 1 is 0.879 bits per heavy atom. The number of nitrogens with two attached hydrogens (primary N) is 1. The molecule has 0 radical (unpaired) electrons. The lowest BCUT2D eigenvalue weighted by Gasteiger charge is -2.37. The largest absolute Gasteiger partial charge is 0.462 e. The maximum atomic E-state index is 12.5. The van der Waals surface area contributed by atoms with Gasteiger partial charge in [0.2, 0.25) is 5.91 Å². The average Bonchev–Trinajstić information content (AvgIpc) is 2.77. The first-order valence-corrected chi connectivity index (χ1v) is 13.6. The molecular weight excluding hydrogens is 418 g/mol. The van der Waals surface area contributed by atoms with Crippen molar-refractivity contribution in [3.8, 4) is 0 Å². The molecule has 1 saturated heterocycles. The molecule has 6 nitrogen and oxygen atoms in total. The molecule has 0 spiro atoms. The molecule has 0 aliphatic carbocycles. The molecule has 6 heteroatoms. The standard InChI is InChI=1S/C27H49NO5/c1-4-7-9-11-12-13-14-15-16-18-21(32-26(30)22(6-3)25(28)29)20-24-23(27(31)33-24)19-17-10-8-5-2/h21-24H,4-20H2,1-3H3,(H2,28,29)/t21-,22?,23-,24-/m0/s1. The first-order valence-electron chi connectivity index (χ1n) is 13.6. The van der Waals surface area contributed by atoms with Crippen LogP contribution in [0.1, 0.15) is 130 Å². The van der Waals surface area contributed by atoms with E-state index in [9.17, 15) is 14.4 Å². The third-order valence-corrected chi connectivity index (χ3v) is 6.83. The molecule has 1 unspecified atom stereocenters. The van der Waals surface area contributed by atoms with E-state index in [-0.39, 0.29) is 24.1 Å². The molecule has 33 heavy (non-hydrogen) atoms. The van der Waals surface area contributed by atoms with Gasteiger partial charge in [-0.15, -0.1) is 0 Å². The van der Waals surface area contributed by atoms with Crippen LogP contribution in [0, 0.1) is 11.8 Å². The van der Waals surface area contributed by atoms with Crippen LogP contribution in [0.5, 0.6) is 0 Å². The third-order valence-electron chi connectivity index (χ3n) is 6.83. The average molecular weight is 468 g/mol. The van der Waals surface area contributed by atoms with Crippen LogP contribution < -0.4 is 5.73 Å². The van der Waals surface area contributed by atoms with Gasteiger partial charge in [0, 0.05) is 6.42 Å². The second-order valence-corrected chi connectivity index (χ2v) is 9.71. The van der Waals surface area contributed by atoms with Crippen LogP contribution in [-0.4, -0.2) is 30.1 Å². The van der Waals surface area contributed by atoms with Gasteiger partial charge in [-0.1, -0.05) is 97.8 Å². The Morgan fingerprint density at radius 3 is 1.94 bits per heavy atom. The summed E-state index contributed by atoms with van der Waals surface area (Å²) < 4.78 is 11.2. The maximum absolute atomic E-state index is 12.5. The predicted octanol–water partition coefficient (Wildman–Crippen LogP) is 6.23. The van der Waals surface area contributed by atoms with Gasteiger partial charge in [-0.05, 0) is 25.7 Å². The van der Waals surface area contributed by atoms with Crippen molar-refractivity contribution in [3.05, 3.63) is 0 Å². The molecule has 192 valence electrons. The first kappa shape index (κ1) is 29.4. The van der Waals surface area contributed by atoms with Gasteiger partial charge in [0.05, 0.1) is 5.92 Å². The van der Waals surface area contributed by atoms with Gasteiger partial charge in [0.15, 0.2) is 0 Å². The van der Waals surface area contributed by atoms with E-state index in [1.807, 2.05) is 0 Å². The Kier molecular flexibility index (Phi) is 15.9. The summed E-state index contributed by atoms with van der Waals surface area (Å²) in [6.45, 7) is 6.16. The van der Waals surface area contributed by atoms with E-state index in [1.165, 1.54) is 51.4 Å². The third kappa shape index (κ3) is 11.9. The molecule has 4 atom stereocenters. The van der Waals surface area contributed by atoms with Crippen molar-refractivity contribution in [1.29, 1.82) is 0 Å². The van der Waals surface area contributed by atoms with Gasteiger partial charge in [-0.2, -0.15) is 0 Å². The zero-order valence-electron chi connectivity index (χ0n) is 21.4. The lowest BCUT2D eigenvalue weighted by atomic mass is 9.86. The summed E-state index contributed by atoms with van der Waals surface area (Å²) in [5.41, 5.74) is 5.37. The predicted molar refractivity (Wildman–Crippen MR) is 131 cm³/mol. The first-order chi connectivity index (χ1) is 15.9. The molecule has 0 bridgehead atoms. The zero-order valence-corrected chi connectivity index (χ0v) is 21.4. The van der Waals surface area contributed by atoms with E-state index in [2.05, 4.69) is 13.8 Å². The molecule has 0 aromatic carbocycles. The molecule has 2 N–H and O–H groups in total. The molecule has 1 fully saturated rings. The molecule has 0 aromatic heterocycles. The summed E-state index contributed by atoms with van der Waals surface area (Å²) in [4.78, 5) is 36.1. The number of unbranched alkanes of at least 4 members (excludes halogenated alkanes) is 11. The minimum atomic E-state index is -0.913. The Morgan fingerprint density at radius 2 is 1.42 bits per heavy atom. The van der Waals surface area contributed by atoms with E-state index < -0.39 is 17.8 Å². The van der Waals surface area contributed by atoms with Gasteiger partial charge in [-0.25, -0.2) is 0 Å². The highest BCUT2D eigenvalue weighted by Crippen LogP contribution is 2.33. The topological polar surface area (TPSA) is 95.7 Å². The van der Waals surface area contributed by atoms with Crippen LogP contribution in [0.25, 0.3) is 0 Å². The van der Waals surface area contributed by atoms with Crippen LogP contribution in [0.4, 0.5) is 0 Å². The SMILES string of the molecule is CCCCCCCCCCC[C@@H](C[C@@H]1OC(=O)[C@H]1CCCCCC)OC(=O)C(CC)C(N)=O. The lowest BCUT2D eigenvalue weighted by Crippen LogP contribution is -2.47. The maximum Gasteiger partial charge on any atom is 0.318 e. The van der Waals surface area contributed by atoms with Crippen LogP contribution in [-0.2, 0) is 23.9 Å². The highest BCUT2D eigenvalue weighted by Gasteiger charge is 2.43. The molecular formula is C27H49NO5. The summed E-state index contributed by atoms with van der Waals surface area (Å²) in [7, 11) is 0. The van der Waals surface area contributed by atoms with E-state index in [0.29, 0.717) is 12.8 Å². The normalized spacial score (nSPS) is 19.4. The lowest BCUT2D eigenvalue weighted by molar-refractivity contribution is -0.190. The van der Waals surface area contributed by atoms with E-state index in [1.54, 1.807) is 6.92 Å². The van der Waals surface area contributed by atoms with Gasteiger partial charge in [0.25, 0.3) is 0 Å². The Labute approximate surface area is 201 Å². The Balaban J connectivity index is 2.51. The summed E-state index contributed by atoms with van der Waals surface area (Å²) in [6.07, 6.45) is 17.4. The number of carbonyl (C=O) groups is 3. The van der Waals surface area contributed by atoms with Gasteiger partial charge in [-0.3, -0.25) is 14.4 Å². The summed E-state index contributed by atoms with van der Waals surface area (Å²) in [5.74, 6) is -2.33. The smallest absolute Gasteiger partial charge is 0.318 e. The number of primary amides is 1. The monoisotopic (exact) mass is 467 g/mol. The van der Waals surface area contributed by atoms with Crippen LogP contribution >= 0.6 is 0 Å². The Bertz CT molecular complexity index is 565. The van der Waals surface area contributed by atoms with Gasteiger partial charge < -0.3 is 15.2 Å². The second kappa shape index (κ2) is 17.8. The van der Waals surface area contributed by atoms with E-state index >= 15 is 0 Å². The molecule has 1 heterocycles. The van der Waals surface area contributed by atoms with Crippen LogP contribution in [0.15, 0.2) is 0 Å². The molecule has 0 aromatic rings. The highest BCUT2D eigenvalue weighted by atomic mass is 16.6. The number of ether oxygens (including phenoxy) is 2. The fourth-order valence-corrected chi connectivity index (χ4v) is 4.60. The molecule has 1 aliphatic heterocycles. The van der Waals surface area contributed by atoms with Crippen molar-refractivity contribution in [3.63, 3.8) is 0 Å².